The molecule has 0 aliphatic carbocycles. The van der Waals surface area contributed by atoms with Gasteiger partial charge < -0.3 is 4.81 Å². The van der Waals surface area contributed by atoms with Crippen LogP contribution in [0.5, 0.6) is 0 Å². The van der Waals surface area contributed by atoms with Crippen LogP contribution in [0.15, 0.2) is 42.6 Å². The van der Waals surface area contributed by atoms with Crippen molar-refractivity contribution in [1.82, 2.24) is 0 Å². The first-order valence-corrected chi connectivity index (χ1v) is 9.63. The molecule has 0 atom stereocenters. The van der Waals surface area contributed by atoms with E-state index >= 15 is 0 Å². The second-order valence-corrected chi connectivity index (χ2v) is 8.07. The molecule has 0 spiro atoms. The zero-order valence-electron chi connectivity index (χ0n) is 17.0. The molecule has 2 aromatic carbocycles. The Morgan fingerprint density at radius 3 is 2.30 bits per heavy atom. The molecule has 3 heterocycles. The number of fused-ring (bicyclic) bond motifs is 8. The van der Waals surface area contributed by atoms with Gasteiger partial charge >= 0.3 is 6.98 Å². The molecule has 0 unspecified atom stereocenters. The van der Waals surface area contributed by atoms with Gasteiger partial charge in [-0.05, 0) is 68.6 Å². The van der Waals surface area contributed by atoms with Gasteiger partial charge in [0, 0.05) is 11.0 Å². The molecular weight excluding hydrogens is 329 g/mol. The van der Waals surface area contributed by atoms with Crippen LogP contribution in [0.1, 0.15) is 22.3 Å². The summed E-state index contributed by atoms with van der Waals surface area (Å²) in [6.45, 7) is 9.12. The Morgan fingerprint density at radius 2 is 1.52 bits per heavy atom. The highest BCUT2D eigenvalue weighted by atomic mass is 15.3. The Labute approximate surface area is 162 Å². The molecule has 0 saturated carbocycles. The molecule has 5 rings (SSSR count). The maximum Gasteiger partial charge on any atom is 0.538 e. The van der Waals surface area contributed by atoms with Gasteiger partial charge in [-0.15, -0.1) is 0 Å². The lowest BCUT2D eigenvalue weighted by atomic mass is 9.59. The molecule has 3 nitrogen and oxygen atoms in total. The van der Waals surface area contributed by atoms with Gasteiger partial charge in [0.25, 0.3) is 5.82 Å². The number of rotatable bonds is 0. The lowest BCUT2D eigenvalue weighted by molar-refractivity contribution is -0.657. The average Bonchev–Trinajstić information content (AvgIpc) is 2.96. The number of pyridine rings is 1. The van der Waals surface area contributed by atoms with Crippen molar-refractivity contribution in [3.8, 4) is 11.1 Å². The average molecular weight is 354 g/mol. The molecule has 0 radical (unpaired) electrons. The van der Waals surface area contributed by atoms with Crippen molar-refractivity contribution in [3.63, 3.8) is 0 Å². The summed E-state index contributed by atoms with van der Waals surface area (Å²) in [5, 5.41) is 0. The summed E-state index contributed by atoms with van der Waals surface area (Å²) in [7, 11) is 4.41. The first-order valence-electron chi connectivity index (χ1n) is 9.63. The molecule has 3 aromatic rings. The van der Waals surface area contributed by atoms with Gasteiger partial charge in [-0.3, -0.25) is 4.81 Å². The molecule has 0 fully saturated rings. The van der Waals surface area contributed by atoms with Crippen LogP contribution >= 0.6 is 0 Å². The lowest BCUT2D eigenvalue weighted by Gasteiger charge is -2.31. The normalized spacial score (nSPS) is 14.1. The van der Waals surface area contributed by atoms with E-state index in [2.05, 4.69) is 98.6 Å². The lowest BCUT2D eigenvalue weighted by Crippen LogP contribution is -2.57. The summed E-state index contributed by atoms with van der Waals surface area (Å²) in [4.78, 5) is 5.02. The minimum Gasteiger partial charge on any atom is -0.366 e. The van der Waals surface area contributed by atoms with Crippen molar-refractivity contribution in [2.75, 3.05) is 16.7 Å². The first-order chi connectivity index (χ1) is 12.9. The third kappa shape index (κ3) is 1.96. The van der Waals surface area contributed by atoms with E-state index in [1.165, 1.54) is 56.0 Å². The van der Waals surface area contributed by atoms with Crippen LogP contribution in [0.25, 0.3) is 11.1 Å². The van der Waals surface area contributed by atoms with Gasteiger partial charge in [-0.1, -0.05) is 30.3 Å². The number of benzene rings is 2. The minimum absolute atomic E-state index is 0.191. The molecule has 1 aromatic heterocycles. The smallest absolute Gasteiger partial charge is 0.366 e. The molecule has 0 bridgehead atoms. The highest BCUT2D eigenvalue weighted by molar-refractivity contribution is 6.85. The minimum atomic E-state index is 0.191. The van der Waals surface area contributed by atoms with E-state index in [1.54, 1.807) is 0 Å². The summed E-state index contributed by atoms with van der Waals surface area (Å²) in [5.74, 6) is 1.29. The SMILES string of the molecule is Cc1c[n+](C)c2c(c1C)N(C)B1c3ccccc3-c3ccc(C)c(C)c3N12. The maximum atomic E-state index is 2.56. The summed E-state index contributed by atoms with van der Waals surface area (Å²) in [6.07, 6.45) is 2.26. The van der Waals surface area contributed by atoms with Crippen LogP contribution in [0.2, 0.25) is 0 Å². The summed E-state index contributed by atoms with van der Waals surface area (Å²) < 4.78 is 2.30. The Hall–Kier alpha value is -2.75. The molecule has 2 aliphatic heterocycles. The Balaban J connectivity index is 1.94. The molecule has 0 N–H and O–H groups in total. The first kappa shape index (κ1) is 16.4. The Kier molecular flexibility index (Phi) is 3.28. The molecule has 0 amide bonds. The number of hydrogen-bond donors (Lipinski definition) is 0. The highest BCUT2D eigenvalue weighted by Crippen LogP contribution is 2.49. The van der Waals surface area contributed by atoms with Crippen molar-refractivity contribution in [2.24, 2.45) is 7.05 Å². The van der Waals surface area contributed by atoms with E-state index in [0.717, 1.165) is 0 Å². The van der Waals surface area contributed by atoms with Crippen LogP contribution in [0.3, 0.4) is 0 Å². The number of aromatic nitrogens is 1. The topological polar surface area (TPSA) is 10.4 Å². The highest BCUT2D eigenvalue weighted by Gasteiger charge is 2.55. The van der Waals surface area contributed by atoms with Gasteiger partial charge in [-0.2, -0.15) is 0 Å². The fraction of sp³-hybridized carbons (Fsp3) is 0.261. The Morgan fingerprint density at radius 1 is 0.815 bits per heavy atom. The molecule has 4 heteroatoms. The second kappa shape index (κ2) is 5.38. The largest absolute Gasteiger partial charge is 0.538 e. The number of anilines is 3. The van der Waals surface area contributed by atoms with Crippen LogP contribution < -0.4 is 19.7 Å². The Bertz CT molecular complexity index is 1120. The van der Waals surface area contributed by atoms with E-state index in [9.17, 15) is 0 Å². The van der Waals surface area contributed by atoms with Crippen molar-refractivity contribution in [1.29, 1.82) is 0 Å². The fourth-order valence-corrected chi connectivity index (χ4v) is 4.96. The summed E-state index contributed by atoms with van der Waals surface area (Å²) in [6, 6.07) is 13.4. The van der Waals surface area contributed by atoms with Crippen LogP contribution in [0, 0.1) is 27.7 Å². The van der Waals surface area contributed by atoms with E-state index in [0.29, 0.717) is 0 Å². The van der Waals surface area contributed by atoms with Crippen molar-refractivity contribution >= 4 is 29.6 Å². The van der Waals surface area contributed by atoms with Gasteiger partial charge in [0.05, 0.1) is 13.2 Å². The van der Waals surface area contributed by atoms with Crippen molar-refractivity contribution in [3.05, 3.63) is 64.8 Å². The van der Waals surface area contributed by atoms with E-state index in [4.69, 9.17) is 0 Å². The zero-order chi connectivity index (χ0) is 19.0. The quantitative estimate of drug-likeness (QED) is 0.450. The van der Waals surface area contributed by atoms with E-state index in [1.807, 2.05) is 0 Å². The molecular formula is C23H25BN3+. The predicted molar refractivity (Wildman–Crippen MR) is 114 cm³/mol. The fourth-order valence-electron chi connectivity index (χ4n) is 4.96. The van der Waals surface area contributed by atoms with Crippen molar-refractivity contribution in [2.45, 2.75) is 27.7 Å². The molecule has 27 heavy (non-hydrogen) atoms. The van der Waals surface area contributed by atoms with Gasteiger partial charge in [0.2, 0.25) is 0 Å². The van der Waals surface area contributed by atoms with Gasteiger partial charge in [-0.25, -0.2) is 4.57 Å². The maximum absolute atomic E-state index is 2.56. The predicted octanol–water partition coefficient (Wildman–Crippen LogP) is 3.71. The number of aryl methyl sites for hydroxylation is 3. The standard InChI is InChI=1S/C23H25BN3/c1-14-11-12-19-18-9-7-8-10-20(18)24-26(6)22-17(4)15(2)13-25(5)23(22)27(24)21(19)16(14)3/h7-13H,1-6H3/q+1. The summed E-state index contributed by atoms with van der Waals surface area (Å²) in [5.41, 5.74) is 12.2. The number of nitrogens with zero attached hydrogens (tertiary/aromatic N) is 3. The van der Waals surface area contributed by atoms with Crippen LogP contribution in [-0.2, 0) is 7.05 Å². The zero-order valence-corrected chi connectivity index (χ0v) is 17.0. The molecule has 2 aliphatic rings. The third-order valence-corrected chi connectivity index (χ3v) is 6.54. The van der Waals surface area contributed by atoms with E-state index in [-0.39, 0.29) is 6.98 Å². The third-order valence-electron chi connectivity index (χ3n) is 6.54. The van der Waals surface area contributed by atoms with Crippen LogP contribution in [0.4, 0.5) is 17.2 Å². The van der Waals surface area contributed by atoms with E-state index < -0.39 is 0 Å². The monoisotopic (exact) mass is 354 g/mol. The van der Waals surface area contributed by atoms with Crippen LogP contribution in [-0.4, -0.2) is 14.0 Å². The molecule has 0 saturated heterocycles. The molecule has 134 valence electrons. The van der Waals surface area contributed by atoms with Crippen molar-refractivity contribution < 1.29 is 4.57 Å². The van der Waals surface area contributed by atoms with Gasteiger partial charge in [0.15, 0.2) is 0 Å². The second-order valence-electron chi connectivity index (χ2n) is 8.07. The summed E-state index contributed by atoms with van der Waals surface area (Å²) >= 11 is 0. The van der Waals surface area contributed by atoms with Gasteiger partial charge in [0.1, 0.15) is 11.4 Å². The number of hydrogen-bond acceptors (Lipinski definition) is 2.